The first kappa shape index (κ1) is 13.1. The van der Waals surface area contributed by atoms with Crippen molar-refractivity contribution in [1.29, 1.82) is 0 Å². The van der Waals surface area contributed by atoms with Gasteiger partial charge in [-0.3, -0.25) is 0 Å². The van der Waals surface area contributed by atoms with Gasteiger partial charge in [-0.1, -0.05) is 11.6 Å². The maximum Gasteiger partial charge on any atom is 0.164 e. The van der Waals surface area contributed by atoms with Crippen LogP contribution in [0.25, 0.3) is 0 Å². The van der Waals surface area contributed by atoms with Crippen molar-refractivity contribution in [2.75, 3.05) is 14.2 Å². The summed E-state index contributed by atoms with van der Waals surface area (Å²) < 4.78 is 10.6. The van der Waals surface area contributed by atoms with Crippen molar-refractivity contribution in [3.63, 3.8) is 0 Å². The lowest BCUT2D eigenvalue weighted by molar-refractivity contribution is 0.350. The van der Waals surface area contributed by atoms with E-state index in [-0.39, 0.29) is 6.04 Å². The Morgan fingerprint density at radius 3 is 2.44 bits per heavy atom. The van der Waals surface area contributed by atoms with Crippen LogP contribution in [0.2, 0.25) is 5.02 Å². The van der Waals surface area contributed by atoms with Crippen LogP contribution in [0.3, 0.4) is 0 Å². The molecule has 2 N–H and O–H groups in total. The fourth-order valence-corrected chi connectivity index (χ4v) is 1.91. The molecule has 0 amide bonds. The minimum Gasteiger partial charge on any atom is -0.493 e. The maximum atomic E-state index is 6.13. The van der Waals surface area contributed by atoms with Gasteiger partial charge < -0.3 is 15.2 Å². The number of nitrogens with two attached hydrogens (primary N) is 1. The van der Waals surface area contributed by atoms with E-state index in [1.165, 1.54) is 0 Å². The van der Waals surface area contributed by atoms with Crippen molar-refractivity contribution in [3.8, 4) is 11.5 Å². The number of halogens is 1. The summed E-state index contributed by atoms with van der Waals surface area (Å²) in [5.74, 6) is 1.37. The van der Waals surface area contributed by atoms with Gasteiger partial charge in [-0.25, -0.2) is 0 Å². The summed E-state index contributed by atoms with van der Waals surface area (Å²) in [6.07, 6.45) is 0.714. The topological polar surface area (TPSA) is 44.5 Å². The lowest BCUT2D eigenvalue weighted by Gasteiger charge is -2.17. The highest BCUT2D eigenvalue weighted by atomic mass is 35.5. The fourth-order valence-electron chi connectivity index (χ4n) is 1.70. The fraction of sp³-hybridized carbons (Fsp3) is 0.500. The van der Waals surface area contributed by atoms with Crippen LogP contribution >= 0.6 is 11.6 Å². The number of hydrogen-bond acceptors (Lipinski definition) is 3. The second-order valence-corrected chi connectivity index (χ2v) is 4.29. The summed E-state index contributed by atoms with van der Waals surface area (Å²) in [7, 11) is 3.22. The smallest absolute Gasteiger partial charge is 0.164 e. The standard InChI is InChI=1S/C12H18ClNO2/c1-7(14)5-9-8(2)10(13)6-11(15-3)12(9)16-4/h6-7H,5,14H2,1-4H3. The largest absolute Gasteiger partial charge is 0.493 e. The van der Waals surface area contributed by atoms with Gasteiger partial charge in [-0.05, 0) is 25.8 Å². The zero-order chi connectivity index (χ0) is 12.3. The third-order valence-corrected chi connectivity index (χ3v) is 2.91. The molecule has 1 aromatic carbocycles. The van der Waals surface area contributed by atoms with Gasteiger partial charge in [0.25, 0.3) is 0 Å². The molecular weight excluding hydrogens is 226 g/mol. The number of rotatable bonds is 4. The molecule has 0 aliphatic heterocycles. The van der Waals surface area contributed by atoms with Crippen LogP contribution in [0.15, 0.2) is 6.07 Å². The summed E-state index contributed by atoms with van der Waals surface area (Å²) >= 11 is 6.13. The van der Waals surface area contributed by atoms with E-state index in [1.54, 1.807) is 20.3 Å². The molecule has 3 nitrogen and oxygen atoms in total. The molecule has 1 unspecified atom stereocenters. The molecule has 0 heterocycles. The Hall–Kier alpha value is -0.930. The van der Waals surface area contributed by atoms with Crippen LogP contribution in [0.1, 0.15) is 18.1 Å². The van der Waals surface area contributed by atoms with Gasteiger partial charge in [-0.15, -0.1) is 0 Å². The van der Waals surface area contributed by atoms with Crippen molar-refractivity contribution < 1.29 is 9.47 Å². The zero-order valence-corrected chi connectivity index (χ0v) is 10.9. The highest BCUT2D eigenvalue weighted by molar-refractivity contribution is 6.31. The molecule has 1 atom stereocenters. The minimum atomic E-state index is 0.0516. The normalized spacial score (nSPS) is 12.4. The van der Waals surface area contributed by atoms with Gasteiger partial charge >= 0.3 is 0 Å². The molecule has 0 saturated carbocycles. The molecule has 0 aliphatic rings. The quantitative estimate of drug-likeness (QED) is 0.884. The van der Waals surface area contributed by atoms with Crippen LogP contribution in [-0.2, 0) is 6.42 Å². The van der Waals surface area contributed by atoms with Gasteiger partial charge in [0.15, 0.2) is 11.5 Å². The van der Waals surface area contributed by atoms with E-state index >= 15 is 0 Å². The van der Waals surface area contributed by atoms with E-state index in [1.807, 2.05) is 13.8 Å². The third kappa shape index (κ3) is 2.60. The van der Waals surface area contributed by atoms with Crippen molar-refractivity contribution in [1.82, 2.24) is 0 Å². The number of ether oxygens (including phenoxy) is 2. The second-order valence-electron chi connectivity index (χ2n) is 3.88. The third-order valence-electron chi connectivity index (χ3n) is 2.52. The number of methoxy groups -OCH3 is 2. The molecule has 0 bridgehead atoms. The summed E-state index contributed by atoms with van der Waals surface area (Å²) in [6.45, 7) is 3.91. The average Bonchev–Trinajstić information content (AvgIpc) is 2.23. The van der Waals surface area contributed by atoms with Gasteiger partial charge in [-0.2, -0.15) is 0 Å². The Bertz CT molecular complexity index is 378. The molecule has 1 aromatic rings. The average molecular weight is 244 g/mol. The van der Waals surface area contributed by atoms with E-state index in [0.29, 0.717) is 17.2 Å². The van der Waals surface area contributed by atoms with Crippen LogP contribution in [0.4, 0.5) is 0 Å². The van der Waals surface area contributed by atoms with E-state index in [9.17, 15) is 0 Å². The molecule has 0 saturated heterocycles. The number of benzene rings is 1. The van der Waals surface area contributed by atoms with E-state index in [4.69, 9.17) is 26.8 Å². The first-order valence-electron chi connectivity index (χ1n) is 5.16. The molecule has 0 spiro atoms. The summed E-state index contributed by atoms with van der Waals surface area (Å²) in [5.41, 5.74) is 7.83. The van der Waals surface area contributed by atoms with Crippen LogP contribution in [0.5, 0.6) is 11.5 Å². The number of hydrogen-bond donors (Lipinski definition) is 1. The minimum absolute atomic E-state index is 0.0516. The first-order valence-corrected chi connectivity index (χ1v) is 5.54. The Labute approximate surface area is 101 Å². The monoisotopic (exact) mass is 243 g/mol. The van der Waals surface area contributed by atoms with E-state index in [0.717, 1.165) is 16.9 Å². The molecule has 16 heavy (non-hydrogen) atoms. The predicted molar refractivity (Wildman–Crippen MR) is 66.6 cm³/mol. The predicted octanol–water partition coefficient (Wildman–Crippen LogP) is 2.56. The van der Waals surface area contributed by atoms with Crippen molar-refractivity contribution >= 4 is 11.6 Å². The van der Waals surface area contributed by atoms with Gasteiger partial charge in [0.05, 0.1) is 14.2 Å². The summed E-state index contributed by atoms with van der Waals surface area (Å²) in [5, 5.41) is 0.674. The summed E-state index contributed by atoms with van der Waals surface area (Å²) in [4.78, 5) is 0. The molecule has 4 heteroatoms. The zero-order valence-electron chi connectivity index (χ0n) is 10.1. The molecule has 90 valence electrons. The SMILES string of the molecule is COc1cc(Cl)c(C)c(CC(C)N)c1OC. The lowest BCUT2D eigenvalue weighted by atomic mass is 10.0. The Morgan fingerprint density at radius 2 is 2.00 bits per heavy atom. The highest BCUT2D eigenvalue weighted by Gasteiger charge is 2.16. The lowest BCUT2D eigenvalue weighted by Crippen LogP contribution is -2.19. The first-order chi connectivity index (χ1) is 7.51. The Kier molecular flexibility index (Phi) is 4.44. The summed E-state index contributed by atoms with van der Waals surface area (Å²) in [6, 6.07) is 1.82. The van der Waals surface area contributed by atoms with Gasteiger partial charge in [0.1, 0.15) is 0 Å². The Morgan fingerprint density at radius 1 is 1.38 bits per heavy atom. The molecule has 0 radical (unpaired) electrons. The van der Waals surface area contributed by atoms with Crippen LogP contribution in [0, 0.1) is 6.92 Å². The highest BCUT2D eigenvalue weighted by Crippen LogP contribution is 2.38. The Balaban J connectivity index is 3.34. The van der Waals surface area contributed by atoms with E-state index < -0.39 is 0 Å². The van der Waals surface area contributed by atoms with Crippen LogP contribution in [-0.4, -0.2) is 20.3 Å². The molecule has 0 fully saturated rings. The molecular formula is C12H18ClNO2. The van der Waals surface area contributed by atoms with Gasteiger partial charge in [0.2, 0.25) is 0 Å². The molecule has 0 aromatic heterocycles. The van der Waals surface area contributed by atoms with Crippen molar-refractivity contribution in [2.24, 2.45) is 5.73 Å². The van der Waals surface area contributed by atoms with E-state index in [2.05, 4.69) is 0 Å². The van der Waals surface area contributed by atoms with Gasteiger partial charge in [0, 0.05) is 22.7 Å². The maximum absolute atomic E-state index is 6.13. The second kappa shape index (κ2) is 5.41. The molecule has 0 aliphatic carbocycles. The van der Waals surface area contributed by atoms with Crippen molar-refractivity contribution in [2.45, 2.75) is 26.3 Å². The van der Waals surface area contributed by atoms with Crippen LogP contribution < -0.4 is 15.2 Å². The molecule has 1 rings (SSSR count). The van der Waals surface area contributed by atoms with Crippen molar-refractivity contribution in [3.05, 3.63) is 22.2 Å².